The first-order valence-electron chi connectivity index (χ1n) is 13.9. The molecule has 5 aromatic rings. The van der Waals surface area contributed by atoms with Gasteiger partial charge < -0.3 is 19.8 Å². The number of H-pyrrole nitrogens is 2. The van der Waals surface area contributed by atoms with Gasteiger partial charge in [0.25, 0.3) is 0 Å². The van der Waals surface area contributed by atoms with Crippen LogP contribution in [0, 0.1) is 12.8 Å². The average molecular weight is 551 g/mol. The Morgan fingerprint density at radius 1 is 0.900 bits per heavy atom. The van der Waals surface area contributed by atoms with Crippen LogP contribution in [0.25, 0.3) is 21.8 Å². The maximum atomic E-state index is 13.8. The minimum absolute atomic E-state index is 0.0481. The number of anilines is 1. The first-order chi connectivity index (χ1) is 19.4. The molecule has 3 aromatic carbocycles. The number of benzene rings is 3. The lowest BCUT2D eigenvalue weighted by molar-refractivity contribution is -0.137. The number of nitrogens with zero attached hydrogens (tertiary/aromatic N) is 2. The molecular weight excluding hydrogens is 520 g/mol. The van der Waals surface area contributed by atoms with Gasteiger partial charge in [0.05, 0.1) is 16.6 Å². The fourth-order valence-electron chi connectivity index (χ4n) is 6.92. The molecule has 0 aliphatic carbocycles. The normalized spacial score (nSPS) is 19.1. The van der Waals surface area contributed by atoms with Gasteiger partial charge in [-0.2, -0.15) is 0 Å². The van der Waals surface area contributed by atoms with Crippen LogP contribution in [0.5, 0.6) is 0 Å². The van der Waals surface area contributed by atoms with E-state index in [0.29, 0.717) is 30.3 Å². The highest BCUT2D eigenvalue weighted by Gasteiger charge is 2.44. The second-order valence-electron chi connectivity index (χ2n) is 11.3. The first-order valence-corrected chi connectivity index (χ1v) is 14.3. The number of rotatable bonds is 4. The molecule has 7 rings (SSSR count). The summed E-state index contributed by atoms with van der Waals surface area (Å²) >= 11 is 6.47. The minimum Gasteiger partial charge on any atom is -0.361 e. The van der Waals surface area contributed by atoms with Crippen molar-refractivity contribution in [2.75, 3.05) is 24.5 Å². The molecule has 2 saturated heterocycles. The smallest absolute Gasteiger partial charge is 0.228 e. The maximum Gasteiger partial charge on any atom is 0.228 e. The summed E-state index contributed by atoms with van der Waals surface area (Å²) in [5.74, 6) is -0.350. The van der Waals surface area contributed by atoms with Crippen molar-refractivity contribution < 1.29 is 9.59 Å². The van der Waals surface area contributed by atoms with Crippen molar-refractivity contribution in [2.45, 2.75) is 31.6 Å². The van der Waals surface area contributed by atoms with Crippen molar-refractivity contribution in [3.05, 3.63) is 101 Å². The number of para-hydroxylation sites is 2. The van der Waals surface area contributed by atoms with Gasteiger partial charge in [-0.15, -0.1) is 0 Å². The lowest BCUT2D eigenvalue weighted by Gasteiger charge is -2.43. The molecule has 2 aliphatic rings. The van der Waals surface area contributed by atoms with Crippen LogP contribution in [0.4, 0.5) is 5.69 Å². The van der Waals surface area contributed by atoms with E-state index in [0.717, 1.165) is 29.4 Å². The highest BCUT2D eigenvalue weighted by molar-refractivity contribution is 6.34. The van der Waals surface area contributed by atoms with E-state index in [1.54, 1.807) is 4.90 Å². The Morgan fingerprint density at radius 3 is 2.10 bits per heavy atom. The third kappa shape index (κ3) is 3.93. The van der Waals surface area contributed by atoms with E-state index in [2.05, 4.69) is 70.9 Å². The SMILES string of the molecule is Cc1ccc(N2C[C@@H](C(=O)N3CCC(c4c[nH]c5ccccc45)(c4c[nH]c5ccccc45)CC3)CC2=O)c(Cl)c1. The second-order valence-corrected chi connectivity index (χ2v) is 11.7. The Bertz CT molecular complexity index is 1680. The minimum atomic E-state index is -0.362. The molecule has 1 atom stereocenters. The number of hydrogen-bond acceptors (Lipinski definition) is 2. The molecule has 7 heteroatoms. The molecule has 2 fully saturated rings. The summed E-state index contributed by atoms with van der Waals surface area (Å²) in [5, 5.41) is 2.99. The third-order valence-electron chi connectivity index (χ3n) is 9.01. The third-order valence-corrected chi connectivity index (χ3v) is 9.31. The van der Waals surface area contributed by atoms with E-state index in [4.69, 9.17) is 11.6 Å². The van der Waals surface area contributed by atoms with Crippen LogP contribution in [-0.4, -0.2) is 46.3 Å². The van der Waals surface area contributed by atoms with Crippen LogP contribution >= 0.6 is 11.6 Å². The number of nitrogens with one attached hydrogen (secondary N) is 2. The Labute approximate surface area is 237 Å². The fourth-order valence-corrected chi connectivity index (χ4v) is 7.26. The predicted molar refractivity (Wildman–Crippen MR) is 160 cm³/mol. The van der Waals surface area contributed by atoms with Crippen molar-refractivity contribution in [1.29, 1.82) is 0 Å². The molecule has 0 saturated carbocycles. The molecule has 2 aliphatic heterocycles. The fraction of sp³-hybridized carbons (Fsp3) is 0.273. The van der Waals surface area contributed by atoms with E-state index in [-0.39, 0.29) is 29.6 Å². The molecule has 0 bridgehead atoms. The standard InChI is InChI=1S/C33H31ClN4O2/c1-21-10-11-30(27(34)16-21)38-20-22(17-31(38)39)32(40)37-14-12-33(13-15-37,25-18-35-28-8-4-2-6-23(25)28)26-19-36-29-9-5-3-7-24(26)29/h2-11,16,18-19,22,35-36H,12-15,17,20H2,1H3/t22-/m0/s1. The van der Waals surface area contributed by atoms with Crippen LogP contribution in [0.2, 0.25) is 5.02 Å². The molecule has 4 heterocycles. The highest BCUT2D eigenvalue weighted by atomic mass is 35.5. The van der Waals surface area contributed by atoms with E-state index in [1.165, 1.54) is 21.9 Å². The number of aromatic amines is 2. The molecule has 40 heavy (non-hydrogen) atoms. The van der Waals surface area contributed by atoms with Crippen molar-refractivity contribution in [2.24, 2.45) is 5.92 Å². The van der Waals surface area contributed by atoms with Gasteiger partial charge in [-0.3, -0.25) is 9.59 Å². The van der Waals surface area contributed by atoms with Crippen LogP contribution in [0.1, 0.15) is 36.0 Å². The van der Waals surface area contributed by atoms with Gasteiger partial charge in [-0.1, -0.05) is 54.1 Å². The summed E-state index contributed by atoms with van der Waals surface area (Å²) in [6, 6.07) is 22.6. The largest absolute Gasteiger partial charge is 0.361 e. The molecule has 0 unspecified atom stereocenters. The summed E-state index contributed by atoms with van der Waals surface area (Å²) < 4.78 is 0. The summed E-state index contributed by atoms with van der Waals surface area (Å²) in [6.45, 7) is 3.60. The first kappa shape index (κ1) is 25.0. The molecule has 0 spiro atoms. The second kappa shape index (κ2) is 9.56. The highest BCUT2D eigenvalue weighted by Crippen LogP contribution is 2.47. The zero-order chi connectivity index (χ0) is 27.4. The molecule has 202 valence electrons. The summed E-state index contributed by atoms with van der Waals surface area (Å²) in [7, 11) is 0. The van der Waals surface area contributed by atoms with E-state index < -0.39 is 0 Å². The molecule has 2 aromatic heterocycles. The molecule has 2 N–H and O–H groups in total. The Morgan fingerprint density at radius 2 is 1.50 bits per heavy atom. The predicted octanol–water partition coefficient (Wildman–Crippen LogP) is 6.57. The van der Waals surface area contributed by atoms with E-state index in [9.17, 15) is 9.59 Å². The number of carbonyl (C=O) groups is 2. The van der Waals surface area contributed by atoms with Gasteiger partial charge in [0.1, 0.15) is 0 Å². The van der Waals surface area contributed by atoms with Gasteiger partial charge in [0, 0.05) is 65.7 Å². The topological polar surface area (TPSA) is 72.2 Å². The van der Waals surface area contributed by atoms with Crippen molar-refractivity contribution in [3.8, 4) is 0 Å². The van der Waals surface area contributed by atoms with Crippen LogP contribution in [0.15, 0.2) is 79.1 Å². The number of carbonyl (C=O) groups excluding carboxylic acids is 2. The van der Waals surface area contributed by atoms with Crippen LogP contribution in [-0.2, 0) is 15.0 Å². The molecule has 2 amide bonds. The Balaban J connectivity index is 1.18. The number of likely N-dealkylation sites (tertiary alicyclic amines) is 1. The lowest BCUT2D eigenvalue weighted by Crippen LogP contribution is -2.47. The van der Waals surface area contributed by atoms with Gasteiger partial charge in [-0.05, 0) is 60.7 Å². The number of fused-ring (bicyclic) bond motifs is 2. The molecule has 0 radical (unpaired) electrons. The van der Waals surface area contributed by atoms with Gasteiger partial charge >= 0.3 is 0 Å². The van der Waals surface area contributed by atoms with E-state index in [1.807, 2.05) is 30.0 Å². The number of halogens is 1. The number of aryl methyl sites for hydroxylation is 1. The van der Waals surface area contributed by atoms with E-state index >= 15 is 0 Å². The molecular formula is C33H31ClN4O2. The van der Waals surface area contributed by atoms with Crippen LogP contribution in [0.3, 0.4) is 0 Å². The maximum absolute atomic E-state index is 13.8. The van der Waals surface area contributed by atoms with Gasteiger partial charge in [-0.25, -0.2) is 0 Å². The monoisotopic (exact) mass is 550 g/mol. The number of aromatic nitrogens is 2. The average Bonchev–Trinajstić information content (AvgIpc) is 3.70. The number of hydrogen-bond donors (Lipinski definition) is 2. The summed E-state index contributed by atoms with van der Waals surface area (Å²) in [4.78, 5) is 37.4. The zero-order valence-electron chi connectivity index (χ0n) is 22.4. The van der Waals surface area contributed by atoms with Crippen molar-refractivity contribution in [1.82, 2.24) is 14.9 Å². The quantitative estimate of drug-likeness (QED) is 0.265. The van der Waals surface area contributed by atoms with Crippen molar-refractivity contribution >= 4 is 50.9 Å². The van der Waals surface area contributed by atoms with Crippen LogP contribution < -0.4 is 4.90 Å². The number of amides is 2. The van der Waals surface area contributed by atoms with Gasteiger partial charge in [0.2, 0.25) is 11.8 Å². The Kier molecular flexibility index (Phi) is 5.97. The van der Waals surface area contributed by atoms with Crippen molar-refractivity contribution in [3.63, 3.8) is 0 Å². The Hall–Kier alpha value is -4.03. The molecule has 6 nitrogen and oxygen atoms in total. The summed E-state index contributed by atoms with van der Waals surface area (Å²) in [6.07, 6.45) is 6.13. The number of piperidine rings is 1. The lowest BCUT2D eigenvalue weighted by atomic mass is 9.67. The zero-order valence-corrected chi connectivity index (χ0v) is 23.2. The summed E-state index contributed by atoms with van der Waals surface area (Å²) in [5.41, 5.74) is 6.26. The van der Waals surface area contributed by atoms with Gasteiger partial charge in [0.15, 0.2) is 0 Å².